The number of hydrogen-bond donors (Lipinski definition) is 1. The van der Waals surface area contributed by atoms with Crippen molar-refractivity contribution in [2.45, 2.75) is 13.8 Å². The van der Waals surface area contributed by atoms with Gasteiger partial charge in [-0.3, -0.25) is 4.68 Å². The molecule has 1 aliphatic rings. The molecule has 0 saturated carbocycles. The Balaban J connectivity index is 1.41. The van der Waals surface area contributed by atoms with Crippen LogP contribution in [0.5, 0.6) is 0 Å². The van der Waals surface area contributed by atoms with E-state index in [1.54, 1.807) is 10.9 Å². The zero-order valence-electron chi connectivity index (χ0n) is 18.5. The molecule has 7 nitrogen and oxygen atoms in total. The SMILES string of the molecule is Cc1ccc(Nc2nc(N3CCN(c4ccc(F)cc4)CC3)nc3c2cnn3C)cc1C. The van der Waals surface area contributed by atoms with Gasteiger partial charge in [-0.1, -0.05) is 6.07 Å². The van der Waals surface area contributed by atoms with Gasteiger partial charge in [0.15, 0.2) is 5.65 Å². The van der Waals surface area contributed by atoms with Crippen LogP contribution in [0.25, 0.3) is 11.0 Å². The predicted octanol–water partition coefficient (Wildman–Crippen LogP) is 4.19. The Bertz CT molecular complexity index is 1260. The number of anilines is 4. The number of fused-ring (bicyclic) bond motifs is 1. The highest BCUT2D eigenvalue weighted by molar-refractivity contribution is 5.89. The fourth-order valence-corrected chi connectivity index (χ4v) is 4.02. The molecule has 8 heteroatoms. The molecule has 0 unspecified atom stereocenters. The Morgan fingerprint density at radius 1 is 0.875 bits per heavy atom. The first-order valence-electron chi connectivity index (χ1n) is 10.8. The molecule has 5 rings (SSSR count). The largest absolute Gasteiger partial charge is 0.368 e. The molecule has 4 aromatic rings. The lowest BCUT2D eigenvalue weighted by molar-refractivity contribution is 0.623. The van der Waals surface area contributed by atoms with Gasteiger partial charge >= 0.3 is 0 Å². The number of aryl methyl sites for hydroxylation is 3. The Labute approximate surface area is 186 Å². The fourth-order valence-electron chi connectivity index (χ4n) is 4.02. The van der Waals surface area contributed by atoms with Crippen molar-refractivity contribution >= 4 is 34.2 Å². The van der Waals surface area contributed by atoms with Crippen LogP contribution in [0.1, 0.15) is 11.1 Å². The maximum atomic E-state index is 13.3. The molecule has 2 aromatic heterocycles. The molecule has 0 radical (unpaired) electrons. The van der Waals surface area contributed by atoms with E-state index >= 15 is 0 Å². The molecule has 1 aliphatic heterocycles. The van der Waals surface area contributed by atoms with E-state index in [4.69, 9.17) is 9.97 Å². The lowest BCUT2D eigenvalue weighted by Gasteiger charge is -2.36. The third-order valence-electron chi connectivity index (χ3n) is 6.10. The lowest BCUT2D eigenvalue weighted by Crippen LogP contribution is -2.47. The quantitative estimate of drug-likeness (QED) is 0.523. The van der Waals surface area contributed by atoms with Crippen LogP contribution >= 0.6 is 0 Å². The molecule has 1 fully saturated rings. The van der Waals surface area contributed by atoms with Gasteiger partial charge in [0.2, 0.25) is 5.95 Å². The highest BCUT2D eigenvalue weighted by Gasteiger charge is 2.22. The third-order valence-corrected chi connectivity index (χ3v) is 6.10. The monoisotopic (exact) mass is 431 g/mol. The van der Waals surface area contributed by atoms with Crippen LogP contribution in [-0.4, -0.2) is 45.9 Å². The minimum absolute atomic E-state index is 0.214. The van der Waals surface area contributed by atoms with E-state index in [1.807, 2.05) is 19.2 Å². The topological polar surface area (TPSA) is 62.1 Å². The summed E-state index contributed by atoms with van der Waals surface area (Å²) in [5.74, 6) is 1.22. The maximum absolute atomic E-state index is 13.3. The third kappa shape index (κ3) is 3.84. The van der Waals surface area contributed by atoms with Gasteiger partial charge in [0.25, 0.3) is 0 Å². The number of piperazine rings is 1. The highest BCUT2D eigenvalue weighted by atomic mass is 19.1. The summed E-state index contributed by atoms with van der Waals surface area (Å²) in [6.45, 7) is 7.41. The van der Waals surface area contributed by atoms with Crippen LogP contribution in [0, 0.1) is 19.7 Å². The summed E-state index contributed by atoms with van der Waals surface area (Å²) in [4.78, 5) is 14.1. The van der Waals surface area contributed by atoms with Crippen LogP contribution in [0.3, 0.4) is 0 Å². The Kier molecular flexibility index (Phi) is 5.13. The number of nitrogens with zero attached hydrogens (tertiary/aromatic N) is 6. The van der Waals surface area contributed by atoms with Crippen molar-refractivity contribution < 1.29 is 4.39 Å². The van der Waals surface area contributed by atoms with Crippen LogP contribution in [0.15, 0.2) is 48.7 Å². The van der Waals surface area contributed by atoms with E-state index in [0.717, 1.165) is 54.4 Å². The summed E-state index contributed by atoms with van der Waals surface area (Å²) in [5, 5.41) is 8.75. The minimum atomic E-state index is -0.214. The van der Waals surface area contributed by atoms with Gasteiger partial charge in [-0.05, 0) is 61.4 Å². The second kappa shape index (κ2) is 8.11. The highest BCUT2D eigenvalue weighted by Crippen LogP contribution is 2.28. The van der Waals surface area contributed by atoms with Gasteiger partial charge in [0.1, 0.15) is 11.6 Å². The average molecular weight is 432 g/mol. The Morgan fingerprint density at radius 3 is 2.31 bits per heavy atom. The fraction of sp³-hybridized carbons (Fsp3) is 0.292. The van der Waals surface area contributed by atoms with Gasteiger partial charge < -0.3 is 15.1 Å². The van der Waals surface area contributed by atoms with Crippen molar-refractivity contribution in [2.75, 3.05) is 41.3 Å². The summed E-state index contributed by atoms with van der Waals surface area (Å²) in [6.07, 6.45) is 1.80. The average Bonchev–Trinajstić information content (AvgIpc) is 3.18. The summed E-state index contributed by atoms with van der Waals surface area (Å²) >= 11 is 0. The Morgan fingerprint density at radius 2 is 1.59 bits per heavy atom. The molecule has 0 spiro atoms. The van der Waals surface area contributed by atoms with E-state index in [1.165, 1.54) is 23.3 Å². The van der Waals surface area contributed by atoms with Crippen LogP contribution in [0.2, 0.25) is 0 Å². The number of benzene rings is 2. The lowest BCUT2D eigenvalue weighted by atomic mass is 10.1. The van der Waals surface area contributed by atoms with E-state index in [-0.39, 0.29) is 5.82 Å². The minimum Gasteiger partial charge on any atom is -0.368 e. The number of nitrogens with one attached hydrogen (secondary N) is 1. The second-order valence-corrected chi connectivity index (χ2v) is 8.25. The van der Waals surface area contributed by atoms with Crippen molar-refractivity contribution in [1.29, 1.82) is 0 Å². The van der Waals surface area contributed by atoms with E-state index < -0.39 is 0 Å². The van der Waals surface area contributed by atoms with Crippen molar-refractivity contribution in [3.63, 3.8) is 0 Å². The number of halogens is 1. The van der Waals surface area contributed by atoms with Crippen molar-refractivity contribution in [3.8, 4) is 0 Å². The first kappa shape index (κ1) is 20.2. The molecule has 1 N–H and O–H groups in total. The summed E-state index contributed by atoms with van der Waals surface area (Å²) < 4.78 is 15.0. The molecule has 32 heavy (non-hydrogen) atoms. The summed E-state index contributed by atoms with van der Waals surface area (Å²) in [7, 11) is 1.89. The van der Waals surface area contributed by atoms with Gasteiger partial charge in [-0.2, -0.15) is 15.1 Å². The molecule has 3 heterocycles. The van der Waals surface area contributed by atoms with Gasteiger partial charge in [-0.25, -0.2) is 4.39 Å². The van der Waals surface area contributed by atoms with Crippen molar-refractivity contribution in [3.05, 3.63) is 65.6 Å². The zero-order chi connectivity index (χ0) is 22.2. The maximum Gasteiger partial charge on any atom is 0.229 e. The van der Waals surface area contributed by atoms with E-state index in [2.05, 4.69) is 52.3 Å². The van der Waals surface area contributed by atoms with Crippen LogP contribution < -0.4 is 15.1 Å². The second-order valence-electron chi connectivity index (χ2n) is 8.25. The summed E-state index contributed by atoms with van der Waals surface area (Å²) in [5.41, 5.74) is 5.30. The molecule has 0 aliphatic carbocycles. The number of rotatable bonds is 4. The number of aromatic nitrogens is 4. The molecule has 0 amide bonds. The molecule has 0 bridgehead atoms. The molecule has 2 aromatic carbocycles. The first-order valence-corrected chi connectivity index (χ1v) is 10.8. The first-order chi connectivity index (χ1) is 15.5. The Hall–Kier alpha value is -3.68. The smallest absolute Gasteiger partial charge is 0.229 e. The van der Waals surface area contributed by atoms with Crippen molar-refractivity contribution in [2.24, 2.45) is 7.05 Å². The van der Waals surface area contributed by atoms with Gasteiger partial charge in [0, 0.05) is 44.6 Å². The normalized spacial score (nSPS) is 14.2. The molecule has 0 atom stereocenters. The zero-order valence-corrected chi connectivity index (χ0v) is 18.5. The van der Waals surface area contributed by atoms with E-state index in [9.17, 15) is 4.39 Å². The molecular formula is C24H26FN7. The molecular weight excluding hydrogens is 405 g/mol. The summed E-state index contributed by atoms with van der Waals surface area (Å²) in [6, 6.07) is 13.0. The van der Waals surface area contributed by atoms with Crippen LogP contribution in [-0.2, 0) is 7.05 Å². The van der Waals surface area contributed by atoms with Gasteiger partial charge in [-0.15, -0.1) is 0 Å². The van der Waals surface area contributed by atoms with E-state index in [0.29, 0.717) is 5.95 Å². The van der Waals surface area contributed by atoms with Gasteiger partial charge in [0.05, 0.1) is 11.6 Å². The standard InChI is InChI=1S/C24H26FN7/c1-16-4-7-19(14-17(16)2)27-22-21-15-26-30(3)23(21)29-24(28-22)32-12-10-31(11-13-32)20-8-5-18(25)6-9-20/h4-9,14-15H,10-13H2,1-3H3,(H,27,28,29). The molecule has 1 saturated heterocycles. The molecule has 164 valence electrons. The predicted molar refractivity (Wildman–Crippen MR) is 126 cm³/mol. The van der Waals surface area contributed by atoms with Crippen LogP contribution in [0.4, 0.5) is 27.5 Å². The van der Waals surface area contributed by atoms with Crippen molar-refractivity contribution in [1.82, 2.24) is 19.7 Å². The number of hydrogen-bond acceptors (Lipinski definition) is 6.